The molecule has 55 heavy (non-hydrogen) atoms. The van der Waals surface area contributed by atoms with Crippen LogP contribution in [-0.4, -0.2) is 87.5 Å². The Kier molecular flexibility index (Phi) is 32.4. The Balaban J connectivity index is 2.51. The lowest BCUT2D eigenvalue weighted by atomic mass is 9.99. The number of hydrogen-bond donors (Lipinski definition) is 6. The Bertz CT molecular complexity index is 1170. The smallest absolute Gasteiger partial charge is 0.220 e. The largest absolute Gasteiger partial charge is 0.394 e. The molecule has 1 heterocycles. The first-order valence-electron chi connectivity index (χ1n) is 21.0. The highest BCUT2D eigenvalue weighted by atomic mass is 16.7. The molecule has 0 saturated carbocycles. The standard InChI is InChI=1S/C46H75NO8/c1-3-5-7-9-11-13-15-17-19-20-22-24-26-28-30-32-34-36-42(50)47-39(38-54-46-45(53)44(52)43(51)41(37-48)55-46)40(49)35-33-31-29-27-25-23-21-18-16-14-12-10-8-6-4-2/h5,7,11,13,16-19,22,24-25,27-28,30,33,35,39-41,43-46,48-49,51-53H,3-4,6,8-10,12,14-15,20-21,23,26,29,31-32,34,36-38H2,1-2H3,(H,47,50)/b7-5-,13-11-,18-16+,19-17-,24-22-,27-25+,30-28-,35-33+. The van der Waals surface area contributed by atoms with E-state index in [9.17, 15) is 30.3 Å². The van der Waals surface area contributed by atoms with Gasteiger partial charge in [0.1, 0.15) is 24.4 Å². The van der Waals surface area contributed by atoms with E-state index in [1.165, 1.54) is 32.1 Å². The predicted octanol–water partition coefficient (Wildman–Crippen LogP) is 8.16. The number of aliphatic hydroxyl groups is 5. The normalized spacial score (nSPS) is 22.3. The van der Waals surface area contributed by atoms with E-state index in [1.54, 1.807) is 6.08 Å². The molecular formula is C46H75NO8. The van der Waals surface area contributed by atoms with Crippen LogP contribution in [0.2, 0.25) is 0 Å². The monoisotopic (exact) mass is 770 g/mol. The first-order chi connectivity index (χ1) is 26.8. The molecule has 1 aliphatic rings. The van der Waals surface area contributed by atoms with Crippen molar-refractivity contribution in [2.45, 2.75) is 172 Å². The summed E-state index contributed by atoms with van der Waals surface area (Å²) in [5.74, 6) is -0.254. The summed E-state index contributed by atoms with van der Waals surface area (Å²) in [5, 5.41) is 54.0. The van der Waals surface area contributed by atoms with Crippen LogP contribution in [0.4, 0.5) is 0 Å². The zero-order chi connectivity index (χ0) is 40.2. The number of ether oxygens (including phenoxy) is 2. The fourth-order valence-corrected chi connectivity index (χ4v) is 5.75. The van der Waals surface area contributed by atoms with E-state index < -0.39 is 49.5 Å². The minimum atomic E-state index is -1.59. The SMILES string of the molecule is CC/C=C\C/C=C\C/C=C\C/C=C\C/C=C\CCCC(=O)NC(COC1OC(CO)C(O)C(O)C1O)C(O)/C=C/CC/C=C/CC/C=C/CCCCCCC. The predicted molar refractivity (Wildman–Crippen MR) is 225 cm³/mol. The van der Waals surface area contributed by atoms with Crippen molar-refractivity contribution in [2.75, 3.05) is 13.2 Å². The molecule has 9 heteroatoms. The maximum Gasteiger partial charge on any atom is 0.220 e. The maximum absolute atomic E-state index is 12.9. The minimum Gasteiger partial charge on any atom is -0.394 e. The van der Waals surface area contributed by atoms with E-state index in [0.717, 1.165) is 64.2 Å². The molecule has 1 aliphatic heterocycles. The molecule has 0 bridgehead atoms. The molecule has 0 aromatic heterocycles. The fourth-order valence-electron chi connectivity index (χ4n) is 5.75. The molecule has 312 valence electrons. The van der Waals surface area contributed by atoms with Gasteiger partial charge >= 0.3 is 0 Å². The average Bonchev–Trinajstić information content (AvgIpc) is 3.18. The van der Waals surface area contributed by atoms with Gasteiger partial charge in [-0.15, -0.1) is 0 Å². The Morgan fingerprint density at radius 2 is 1.15 bits per heavy atom. The number of allylic oxidation sites excluding steroid dienone is 15. The molecule has 1 rings (SSSR count). The van der Waals surface area contributed by atoms with Crippen LogP contribution in [0.5, 0.6) is 0 Å². The van der Waals surface area contributed by atoms with Gasteiger partial charge in [-0.2, -0.15) is 0 Å². The second kappa shape index (κ2) is 35.5. The van der Waals surface area contributed by atoms with Gasteiger partial charge in [-0.1, -0.05) is 137 Å². The molecule has 0 aromatic carbocycles. The average molecular weight is 770 g/mol. The molecule has 0 spiro atoms. The molecule has 1 amide bonds. The van der Waals surface area contributed by atoms with Crippen molar-refractivity contribution in [1.29, 1.82) is 0 Å². The Morgan fingerprint density at radius 3 is 1.73 bits per heavy atom. The van der Waals surface area contributed by atoms with Crippen LogP contribution in [0.1, 0.15) is 129 Å². The number of carbonyl (C=O) groups is 1. The van der Waals surface area contributed by atoms with Gasteiger partial charge in [0.05, 0.1) is 25.4 Å². The summed E-state index contributed by atoms with van der Waals surface area (Å²) in [7, 11) is 0. The summed E-state index contributed by atoms with van der Waals surface area (Å²) in [6.07, 6.45) is 43.1. The van der Waals surface area contributed by atoms with Gasteiger partial charge in [-0.05, 0) is 83.5 Å². The summed E-state index contributed by atoms with van der Waals surface area (Å²) in [5.41, 5.74) is 0. The van der Waals surface area contributed by atoms with Crippen molar-refractivity contribution in [1.82, 2.24) is 5.32 Å². The van der Waals surface area contributed by atoms with Gasteiger partial charge in [-0.25, -0.2) is 0 Å². The van der Waals surface area contributed by atoms with Gasteiger partial charge in [0, 0.05) is 6.42 Å². The van der Waals surface area contributed by atoms with Crippen LogP contribution >= 0.6 is 0 Å². The molecule has 1 saturated heterocycles. The number of amides is 1. The topological polar surface area (TPSA) is 149 Å². The van der Waals surface area contributed by atoms with E-state index in [2.05, 4.69) is 104 Å². The van der Waals surface area contributed by atoms with Crippen molar-refractivity contribution in [3.05, 3.63) is 97.2 Å². The summed E-state index contributed by atoms with van der Waals surface area (Å²) >= 11 is 0. The summed E-state index contributed by atoms with van der Waals surface area (Å²) in [6.45, 7) is 3.55. The van der Waals surface area contributed by atoms with Gasteiger partial charge in [0.15, 0.2) is 6.29 Å². The lowest BCUT2D eigenvalue weighted by Crippen LogP contribution is -2.60. The van der Waals surface area contributed by atoms with Crippen LogP contribution in [0, 0.1) is 0 Å². The first kappa shape index (κ1) is 50.1. The third-order valence-electron chi connectivity index (χ3n) is 9.12. The van der Waals surface area contributed by atoms with Crippen LogP contribution in [0.25, 0.3) is 0 Å². The summed E-state index contributed by atoms with van der Waals surface area (Å²) in [6, 6.07) is -0.862. The minimum absolute atomic E-state index is 0.235. The van der Waals surface area contributed by atoms with Crippen LogP contribution in [0.3, 0.4) is 0 Å². The number of nitrogens with one attached hydrogen (secondary N) is 1. The highest BCUT2D eigenvalue weighted by Gasteiger charge is 2.44. The van der Waals surface area contributed by atoms with Gasteiger partial charge < -0.3 is 40.3 Å². The van der Waals surface area contributed by atoms with Crippen molar-refractivity contribution < 1.29 is 39.8 Å². The van der Waals surface area contributed by atoms with Crippen molar-refractivity contribution in [2.24, 2.45) is 0 Å². The van der Waals surface area contributed by atoms with Crippen LogP contribution < -0.4 is 5.32 Å². The third-order valence-corrected chi connectivity index (χ3v) is 9.12. The summed E-state index contributed by atoms with van der Waals surface area (Å²) in [4.78, 5) is 12.9. The number of carbonyl (C=O) groups excluding carboxylic acids is 1. The zero-order valence-corrected chi connectivity index (χ0v) is 33.9. The molecule has 1 fully saturated rings. The molecular weight excluding hydrogens is 695 g/mol. The lowest BCUT2D eigenvalue weighted by Gasteiger charge is -2.40. The number of aliphatic hydroxyl groups excluding tert-OH is 5. The van der Waals surface area contributed by atoms with Crippen molar-refractivity contribution in [3.63, 3.8) is 0 Å². The zero-order valence-electron chi connectivity index (χ0n) is 33.9. The number of unbranched alkanes of at least 4 members (excludes halogenated alkanes) is 8. The molecule has 6 N–H and O–H groups in total. The molecule has 0 aromatic rings. The highest BCUT2D eigenvalue weighted by molar-refractivity contribution is 5.76. The van der Waals surface area contributed by atoms with Crippen LogP contribution in [0.15, 0.2) is 97.2 Å². The molecule has 0 aliphatic carbocycles. The van der Waals surface area contributed by atoms with Gasteiger partial charge in [-0.3, -0.25) is 4.79 Å². The Labute approximate surface area is 333 Å². The summed E-state index contributed by atoms with van der Waals surface area (Å²) < 4.78 is 11.1. The van der Waals surface area contributed by atoms with E-state index >= 15 is 0 Å². The van der Waals surface area contributed by atoms with Crippen LogP contribution in [-0.2, 0) is 14.3 Å². The molecule has 0 radical (unpaired) electrons. The molecule has 7 unspecified atom stereocenters. The number of rotatable bonds is 32. The van der Waals surface area contributed by atoms with Gasteiger partial charge in [0.25, 0.3) is 0 Å². The number of hydrogen-bond acceptors (Lipinski definition) is 8. The maximum atomic E-state index is 12.9. The first-order valence-corrected chi connectivity index (χ1v) is 21.0. The van der Waals surface area contributed by atoms with E-state index in [4.69, 9.17) is 9.47 Å². The second-order valence-electron chi connectivity index (χ2n) is 14.0. The lowest BCUT2D eigenvalue weighted by molar-refractivity contribution is -0.302. The van der Waals surface area contributed by atoms with E-state index in [0.29, 0.717) is 12.8 Å². The quantitative estimate of drug-likeness (QED) is 0.0297. The Morgan fingerprint density at radius 1 is 0.636 bits per heavy atom. The van der Waals surface area contributed by atoms with Crippen molar-refractivity contribution in [3.8, 4) is 0 Å². The Hall–Kier alpha value is -2.89. The van der Waals surface area contributed by atoms with E-state index in [-0.39, 0.29) is 18.9 Å². The van der Waals surface area contributed by atoms with Crippen molar-refractivity contribution >= 4 is 5.91 Å². The van der Waals surface area contributed by atoms with E-state index in [1.807, 2.05) is 6.08 Å². The second-order valence-corrected chi connectivity index (χ2v) is 14.0. The molecule has 7 atom stereocenters. The third kappa shape index (κ3) is 26.6. The highest BCUT2D eigenvalue weighted by Crippen LogP contribution is 2.22. The van der Waals surface area contributed by atoms with Gasteiger partial charge in [0.2, 0.25) is 5.91 Å². The fraction of sp³-hybridized carbons (Fsp3) is 0.630. The molecule has 9 nitrogen and oxygen atoms in total.